The topological polar surface area (TPSA) is 63.2 Å². The van der Waals surface area contributed by atoms with Gasteiger partial charge in [0.1, 0.15) is 35.4 Å². The third-order valence-electron chi connectivity index (χ3n) is 5.31. The number of hydrogen-bond donors (Lipinski definition) is 0. The fourth-order valence-electron chi connectivity index (χ4n) is 3.50. The minimum absolute atomic E-state index is 0.185. The Hall–Kier alpha value is -3.93. The van der Waals surface area contributed by atoms with E-state index in [1.807, 2.05) is 31.2 Å². The lowest BCUT2D eigenvalue weighted by Crippen LogP contribution is -1.99. The van der Waals surface area contributed by atoms with Crippen molar-refractivity contribution in [3.63, 3.8) is 0 Å². The van der Waals surface area contributed by atoms with Gasteiger partial charge in [-0.3, -0.25) is 4.79 Å². The summed E-state index contributed by atoms with van der Waals surface area (Å²) in [5.74, 6) is 3.28. The van der Waals surface area contributed by atoms with Gasteiger partial charge in [-0.1, -0.05) is 12.1 Å². The fraction of sp³-hybridized carbons (Fsp3) is 0.192. The third-order valence-corrected chi connectivity index (χ3v) is 5.31. The van der Waals surface area contributed by atoms with Crippen LogP contribution in [0.3, 0.4) is 0 Å². The van der Waals surface area contributed by atoms with Gasteiger partial charge in [0.25, 0.3) is 0 Å². The van der Waals surface area contributed by atoms with Gasteiger partial charge < -0.3 is 23.7 Å². The fourth-order valence-corrected chi connectivity index (χ4v) is 3.50. The van der Waals surface area contributed by atoms with Gasteiger partial charge in [0.15, 0.2) is 5.76 Å². The third kappa shape index (κ3) is 4.12. The molecule has 0 radical (unpaired) electrons. The van der Waals surface area contributed by atoms with Crippen LogP contribution in [0, 0.1) is 6.92 Å². The molecule has 3 aromatic carbocycles. The molecule has 164 valence electrons. The molecular weight excluding hydrogens is 408 g/mol. The number of methoxy groups -OCH3 is 3. The molecule has 0 amide bonds. The van der Waals surface area contributed by atoms with Crippen molar-refractivity contribution >= 4 is 11.9 Å². The van der Waals surface area contributed by atoms with Gasteiger partial charge in [-0.25, -0.2) is 0 Å². The summed E-state index contributed by atoms with van der Waals surface area (Å²) < 4.78 is 27.8. The summed E-state index contributed by atoms with van der Waals surface area (Å²) in [6.07, 6.45) is 1.67. The van der Waals surface area contributed by atoms with Gasteiger partial charge >= 0.3 is 0 Å². The van der Waals surface area contributed by atoms with Crippen LogP contribution in [0.4, 0.5) is 0 Å². The van der Waals surface area contributed by atoms with Gasteiger partial charge in [0.05, 0.1) is 26.9 Å². The molecule has 32 heavy (non-hydrogen) atoms. The molecule has 1 aliphatic rings. The quantitative estimate of drug-likeness (QED) is 0.477. The van der Waals surface area contributed by atoms with Crippen LogP contribution in [0.2, 0.25) is 0 Å². The SMILES string of the molecule is COc1ccc(COc2ccc3c(c2C)O/C(=C\c2cc(OC)ccc2OC)C3=O)cc1. The molecule has 1 heterocycles. The summed E-state index contributed by atoms with van der Waals surface area (Å²) in [6.45, 7) is 2.27. The monoisotopic (exact) mass is 432 g/mol. The molecule has 0 saturated carbocycles. The summed E-state index contributed by atoms with van der Waals surface area (Å²) >= 11 is 0. The van der Waals surface area contributed by atoms with Crippen molar-refractivity contribution in [2.45, 2.75) is 13.5 Å². The maximum Gasteiger partial charge on any atom is 0.231 e. The average Bonchev–Trinajstić information content (AvgIpc) is 3.15. The maximum absolute atomic E-state index is 12.9. The van der Waals surface area contributed by atoms with E-state index >= 15 is 0 Å². The summed E-state index contributed by atoms with van der Waals surface area (Å²) in [5, 5.41) is 0. The normalized spacial score (nSPS) is 13.5. The minimum atomic E-state index is -0.185. The predicted molar refractivity (Wildman–Crippen MR) is 121 cm³/mol. The van der Waals surface area contributed by atoms with Crippen LogP contribution >= 0.6 is 0 Å². The van der Waals surface area contributed by atoms with Crippen molar-refractivity contribution in [2.75, 3.05) is 21.3 Å². The van der Waals surface area contributed by atoms with Crippen molar-refractivity contribution in [2.24, 2.45) is 0 Å². The number of ketones is 1. The summed E-state index contributed by atoms with van der Waals surface area (Å²) in [4.78, 5) is 12.9. The lowest BCUT2D eigenvalue weighted by Gasteiger charge is -2.12. The molecule has 6 heteroatoms. The molecule has 6 nitrogen and oxygen atoms in total. The maximum atomic E-state index is 12.9. The van der Waals surface area contributed by atoms with E-state index in [4.69, 9.17) is 23.7 Å². The van der Waals surface area contributed by atoms with Crippen LogP contribution in [0.15, 0.2) is 60.4 Å². The first-order valence-electron chi connectivity index (χ1n) is 10.1. The van der Waals surface area contributed by atoms with Crippen LogP contribution in [-0.4, -0.2) is 27.1 Å². The molecule has 0 bridgehead atoms. The smallest absolute Gasteiger partial charge is 0.231 e. The van der Waals surface area contributed by atoms with E-state index in [1.165, 1.54) is 0 Å². The number of allylic oxidation sites excluding steroid dienone is 1. The van der Waals surface area contributed by atoms with Crippen molar-refractivity contribution in [1.82, 2.24) is 0 Å². The van der Waals surface area contributed by atoms with E-state index < -0.39 is 0 Å². The van der Waals surface area contributed by atoms with Crippen molar-refractivity contribution in [3.8, 4) is 28.7 Å². The summed E-state index contributed by atoms with van der Waals surface area (Å²) in [7, 11) is 4.79. The van der Waals surface area contributed by atoms with Crippen molar-refractivity contribution in [3.05, 3.63) is 82.6 Å². The molecule has 0 N–H and O–H groups in total. The van der Waals surface area contributed by atoms with Crippen molar-refractivity contribution < 1.29 is 28.5 Å². The van der Waals surface area contributed by atoms with Crippen LogP contribution in [0.1, 0.15) is 27.0 Å². The lowest BCUT2D eigenvalue weighted by atomic mass is 10.1. The molecule has 0 atom stereocenters. The number of fused-ring (bicyclic) bond motifs is 1. The number of hydrogen-bond acceptors (Lipinski definition) is 6. The number of rotatable bonds is 7. The van der Waals surface area contributed by atoms with Gasteiger partial charge in [-0.05, 0) is 61.0 Å². The molecular formula is C26H24O6. The van der Waals surface area contributed by atoms with Gasteiger partial charge in [-0.2, -0.15) is 0 Å². The summed E-state index contributed by atoms with van der Waals surface area (Å²) in [5.41, 5.74) is 2.97. The van der Waals surface area contributed by atoms with Crippen molar-refractivity contribution in [1.29, 1.82) is 0 Å². The molecule has 3 aromatic rings. The Morgan fingerprint density at radius 3 is 2.22 bits per heavy atom. The van der Waals surface area contributed by atoms with Crippen LogP contribution < -0.4 is 23.7 Å². The molecule has 0 fully saturated rings. The van der Waals surface area contributed by atoms with E-state index in [0.29, 0.717) is 40.7 Å². The number of carbonyl (C=O) groups excluding carboxylic acids is 1. The van der Waals surface area contributed by atoms with Gasteiger partial charge in [-0.15, -0.1) is 0 Å². The number of benzene rings is 3. The zero-order valence-corrected chi connectivity index (χ0v) is 18.4. The first-order chi connectivity index (χ1) is 15.5. The molecule has 0 saturated heterocycles. The average molecular weight is 432 g/mol. The number of carbonyl (C=O) groups is 1. The van der Waals surface area contributed by atoms with E-state index in [1.54, 1.807) is 57.7 Å². The Bertz CT molecular complexity index is 1180. The van der Waals surface area contributed by atoms with E-state index in [0.717, 1.165) is 16.9 Å². The molecule has 0 spiro atoms. The highest BCUT2D eigenvalue weighted by Gasteiger charge is 2.30. The minimum Gasteiger partial charge on any atom is -0.497 e. The number of ether oxygens (including phenoxy) is 5. The van der Waals surface area contributed by atoms with Gasteiger partial charge in [0.2, 0.25) is 5.78 Å². The van der Waals surface area contributed by atoms with E-state index in [9.17, 15) is 4.79 Å². The van der Waals surface area contributed by atoms with Gasteiger partial charge in [0, 0.05) is 11.1 Å². The highest BCUT2D eigenvalue weighted by Crippen LogP contribution is 2.40. The highest BCUT2D eigenvalue weighted by molar-refractivity contribution is 6.15. The Kier molecular flexibility index (Phi) is 6.03. The van der Waals surface area contributed by atoms with Crippen LogP contribution in [0.25, 0.3) is 6.08 Å². The zero-order chi connectivity index (χ0) is 22.7. The lowest BCUT2D eigenvalue weighted by molar-refractivity contribution is 0.101. The molecule has 0 unspecified atom stereocenters. The highest BCUT2D eigenvalue weighted by atomic mass is 16.5. The van der Waals surface area contributed by atoms with Crippen LogP contribution in [-0.2, 0) is 6.61 Å². The standard InChI is InChI=1S/C26H24O6/c1-16-22(31-15-17-5-7-19(28-2)8-6-17)12-10-21-25(27)24(32-26(16)21)14-18-13-20(29-3)9-11-23(18)30-4/h5-14H,15H2,1-4H3/b24-14-. The Labute approximate surface area is 186 Å². The molecule has 0 aliphatic carbocycles. The Balaban J connectivity index is 1.57. The predicted octanol–water partition coefficient (Wildman–Crippen LogP) is 5.22. The Morgan fingerprint density at radius 1 is 0.844 bits per heavy atom. The molecule has 0 aromatic heterocycles. The summed E-state index contributed by atoms with van der Waals surface area (Å²) in [6, 6.07) is 16.6. The second-order valence-electron chi connectivity index (χ2n) is 7.25. The number of Topliss-reactive ketones (excluding diaryl/α,β-unsaturated/α-hetero) is 1. The first kappa shape index (κ1) is 21.3. The second kappa shape index (κ2) is 9.06. The zero-order valence-electron chi connectivity index (χ0n) is 18.4. The first-order valence-corrected chi connectivity index (χ1v) is 10.1. The Morgan fingerprint density at radius 2 is 1.53 bits per heavy atom. The van der Waals surface area contributed by atoms with E-state index in [2.05, 4.69) is 0 Å². The molecule has 1 aliphatic heterocycles. The second-order valence-corrected chi connectivity index (χ2v) is 7.25. The largest absolute Gasteiger partial charge is 0.497 e. The van der Waals surface area contributed by atoms with Crippen LogP contribution in [0.5, 0.6) is 28.7 Å². The molecule has 4 rings (SSSR count). The van der Waals surface area contributed by atoms with E-state index in [-0.39, 0.29) is 11.5 Å².